The number of anilines is 2. The molecule has 5 aromatic rings. The summed E-state index contributed by atoms with van der Waals surface area (Å²) >= 11 is 0. The van der Waals surface area contributed by atoms with Gasteiger partial charge in [0.25, 0.3) is 0 Å². The van der Waals surface area contributed by atoms with Crippen LogP contribution in [0.5, 0.6) is 0 Å². The van der Waals surface area contributed by atoms with Gasteiger partial charge in [-0.05, 0) is 36.4 Å². The van der Waals surface area contributed by atoms with Crippen LogP contribution in [0.1, 0.15) is 0 Å². The molecule has 158 valence electrons. The van der Waals surface area contributed by atoms with Crippen LogP contribution in [0.25, 0.3) is 27.9 Å². The molecule has 0 saturated carbocycles. The van der Waals surface area contributed by atoms with Gasteiger partial charge >= 0.3 is 0 Å². The highest BCUT2D eigenvalue weighted by Crippen LogP contribution is 2.27. The summed E-state index contributed by atoms with van der Waals surface area (Å²) in [7, 11) is 0. The zero-order valence-electron chi connectivity index (χ0n) is 17.3. The van der Waals surface area contributed by atoms with Gasteiger partial charge in [0.05, 0.1) is 11.2 Å². The van der Waals surface area contributed by atoms with Gasteiger partial charge in [-0.15, -0.1) is 5.10 Å². The first-order valence-electron chi connectivity index (χ1n) is 10.6. The number of nitrogens with zero attached hydrogens (tertiary/aromatic N) is 7. The Bertz CT molecular complexity index is 1410. The molecule has 2 aromatic carbocycles. The first kappa shape index (κ1) is 18.7. The topological polar surface area (TPSA) is 62.5 Å². The number of benzene rings is 2. The van der Waals surface area contributed by atoms with Gasteiger partial charge in [-0.3, -0.25) is 4.98 Å². The second-order valence-corrected chi connectivity index (χ2v) is 7.77. The maximum absolute atomic E-state index is 14.2. The van der Waals surface area contributed by atoms with Crippen molar-refractivity contribution in [3.63, 3.8) is 0 Å². The van der Waals surface area contributed by atoms with Crippen LogP contribution < -0.4 is 9.80 Å². The minimum atomic E-state index is -0.190. The molecule has 0 radical (unpaired) electrons. The standard InChI is InChI=1S/C24H20FN7/c25-19-8-2-4-10-21(19)30-12-14-31(15-13-30)24-27-20-9-3-1-7-18(20)23-28-22(29-32(23)24)17-6-5-11-26-16-17/h1-11,16H,12-15H2. The first-order valence-corrected chi connectivity index (χ1v) is 10.6. The van der Waals surface area contributed by atoms with Crippen molar-refractivity contribution in [3.05, 3.63) is 78.9 Å². The molecule has 0 amide bonds. The molecule has 0 unspecified atom stereocenters. The molecule has 8 heteroatoms. The predicted molar refractivity (Wildman–Crippen MR) is 122 cm³/mol. The van der Waals surface area contributed by atoms with E-state index in [0.29, 0.717) is 37.7 Å². The average Bonchev–Trinajstić information content (AvgIpc) is 3.31. The third-order valence-electron chi connectivity index (χ3n) is 5.84. The van der Waals surface area contributed by atoms with Crippen molar-refractivity contribution in [1.82, 2.24) is 24.6 Å². The largest absolute Gasteiger partial charge is 0.366 e. The molecule has 4 heterocycles. The van der Waals surface area contributed by atoms with Gasteiger partial charge in [0.2, 0.25) is 5.95 Å². The van der Waals surface area contributed by atoms with E-state index in [-0.39, 0.29) is 5.82 Å². The van der Waals surface area contributed by atoms with E-state index < -0.39 is 0 Å². The molecule has 32 heavy (non-hydrogen) atoms. The Kier molecular flexibility index (Phi) is 4.41. The average molecular weight is 425 g/mol. The van der Waals surface area contributed by atoms with Gasteiger partial charge < -0.3 is 9.80 Å². The summed E-state index contributed by atoms with van der Waals surface area (Å²) in [5, 5.41) is 5.74. The number of rotatable bonds is 3. The molecule has 0 bridgehead atoms. The van der Waals surface area contributed by atoms with Crippen LogP contribution >= 0.6 is 0 Å². The summed E-state index contributed by atoms with van der Waals surface area (Å²) in [5.74, 6) is 1.17. The van der Waals surface area contributed by atoms with Crippen molar-refractivity contribution in [3.8, 4) is 11.4 Å². The molecule has 0 N–H and O–H groups in total. The molecule has 1 aliphatic heterocycles. The van der Waals surface area contributed by atoms with Gasteiger partial charge in [0, 0.05) is 49.5 Å². The van der Waals surface area contributed by atoms with E-state index in [1.165, 1.54) is 6.07 Å². The van der Waals surface area contributed by atoms with E-state index in [1.54, 1.807) is 18.5 Å². The lowest BCUT2D eigenvalue weighted by molar-refractivity contribution is 0.591. The molecular weight excluding hydrogens is 405 g/mol. The first-order chi connectivity index (χ1) is 15.8. The molecule has 6 rings (SSSR count). The maximum atomic E-state index is 14.2. The molecule has 1 aliphatic rings. The summed E-state index contributed by atoms with van der Waals surface area (Å²) in [4.78, 5) is 18.2. The van der Waals surface area contributed by atoms with Crippen LogP contribution in [-0.2, 0) is 0 Å². The number of pyridine rings is 1. The smallest absolute Gasteiger partial charge is 0.229 e. The fourth-order valence-electron chi connectivity index (χ4n) is 4.22. The lowest BCUT2D eigenvalue weighted by atomic mass is 10.2. The molecule has 0 aliphatic carbocycles. The van der Waals surface area contributed by atoms with Gasteiger partial charge in [-0.25, -0.2) is 14.4 Å². The quantitative estimate of drug-likeness (QED) is 0.438. The molecule has 3 aromatic heterocycles. The third kappa shape index (κ3) is 3.11. The SMILES string of the molecule is Fc1ccccc1N1CCN(c2nc3ccccc3c3nc(-c4cccnc4)nn23)CC1. The highest BCUT2D eigenvalue weighted by Gasteiger charge is 2.24. The van der Waals surface area contributed by atoms with E-state index in [2.05, 4.69) is 14.8 Å². The van der Waals surface area contributed by atoms with E-state index in [4.69, 9.17) is 15.1 Å². The number of hydrogen-bond acceptors (Lipinski definition) is 6. The van der Waals surface area contributed by atoms with Crippen LogP contribution in [0.15, 0.2) is 73.1 Å². The van der Waals surface area contributed by atoms with Crippen LogP contribution in [0.3, 0.4) is 0 Å². The van der Waals surface area contributed by atoms with Crippen LogP contribution in [0.4, 0.5) is 16.0 Å². The van der Waals surface area contributed by atoms with Crippen molar-refractivity contribution >= 4 is 28.2 Å². The van der Waals surface area contributed by atoms with Crippen molar-refractivity contribution < 1.29 is 4.39 Å². The Morgan fingerprint density at radius 1 is 0.781 bits per heavy atom. The van der Waals surface area contributed by atoms with Crippen LogP contribution in [-0.4, -0.2) is 50.7 Å². The number of fused-ring (bicyclic) bond motifs is 3. The van der Waals surface area contributed by atoms with E-state index >= 15 is 0 Å². The summed E-state index contributed by atoms with van der Waals surface area (Å²) in [5.41, 5.74) is 3.14. The van der Waals surface area contributed by atoms with Crippen LogP contribution in [0, 0.1) is 5.82 Å². The van der Waals surface area contributed by atoms with E-state index in [9.17, 15) is 4.39 Å². The van der Waals surface area contributed by atoms with E-state index in [0.717, 1.165) is 28.1 Å². The molecule has 1 saturated heterocycles. The van der Waals surface area contributed by atoms with Crippen LogP contribution in [0.2, 0.25) is 0 Å². The molecule has 0 spiro atoms. The second kappa shape index (κ2) is 7.56. The zero-order valence-corrected chi connectivity index (χ0v) is 17.3. The van der Waals surface area contributed by atoms with Crippen molar-refractivity contribution in [2.24, 2.45) is 0 Å². The lowest BCUT2D eigenvalue weighted by Gasteiger charge is -2.36. The molecule has 7 nitrogen and oxygen atoms in total. The number of halogens is 1. The number of hydrogen-bond donors (Lipinski definition) is 0. The van der Waals surface area contributed by atoms with Gasteiger partial charge in [-0.1, -0.05) is 24.3 Å². The third-order valence-corrected chi connectivity index (χ3v) is 5.84. The summed E-state index contributed by atoms with van der Waals surface area (Å²) in [6.07, 6.45) is 3.49. The van der Waals surface area contributed by atoms with Gasteiger partial charge in [0.1, 0.15) is 5.82 Å². The second-order valence-electron chi connectivity index (χ2n) is 7.77. The molecule has 1 fully saturated rings. The Hall–Kier alpha value is -4.07. The number of piperazine rings is 1. The Morgan fingerprint density at radius 2 is 1.56 bits per heavy atom. The normalized spacial score (nSPS) is 14.4. The van der Waals surface area contributed by atoms with Gasteiger partial charge in [-0.2, -0.15) is 4.52 Å². The predicted octanol–water partition coefficient (Wildman–Crippen LogP) is 3.81. The summed E-state index contributed by atoms with van der Waals surface area (Å²) < 4.78 is 16.1. The molecular formula is C24H20FN7. The monoisotopic (exact) mass is 425 g/mol. The Morgan fingerprint density at radius 3 is 2.38 bits per heavy atom. The highest BCUT2D eigenvalue weighted by atomic mass is 19.1. The number of para-hydroxylation sites is 2. The summed E-state index contributed by atoms with van der Waals surface area (Å²) in [6, 6.07) is 18.7. The maximum Gasteiger partial charge on any atom is 0.229 e. The Balaban J connectivity index is 1.40. The van der Waals surface area contributed by atoms with Crippen molar-refractivity contribution in [2.45, 2.75) is 0 Å². The minimum Gasteiger partial charge on any atom is -0.366 e. The highest BCUT2D eigenvalue weighted by molar-refractivity contribution is 5.93. The zero-order chi connectivity index (χ0) is 21.5. The van der Waals surface area contributed by atoms with E-state index in [1.807, 2.05) is 53.0 Å². The summed E-state index contributed by atoms with van der Waals surface area (Å²) in [6.45, 7) is 2.80. The lowest BCUT2D eigenvalue weighted by Crippen LogP contribution is -2.47. The van der Waals surface area contributed by atoms with Crippen molar-refractivity contribution in [1.29, 1.82) is 0 Å². The van der Waals surface area contributed by atoms with Gasteiger partial charge in [0.15, 0.2) is 11.5 Å². The fraction of sp³-hybridized carbons (Fsp3) is 0.167. The minimum absolute atomic E-state index is 0.190. The van der Waals surface area contributed by atoms with Crippen molar-refractivity contribution in [2.75, 3.05) is 36.0 Å². The fourth-order valence-corrected chi connectivity index (χ4v) is 4.22. The molecule has 0 atom stereocenters. The Labute approximate surface area is 183 Å². The number of aromatic nitrogens is 5.